The molecule has 0 bridgehead atoms. The molecule has 0 amide bonds. The molecule has 0 aliphatic carbocycles. The fraction of sp³-hybridized carbons (Fsp3) is 0.211. The molecule has 216 valence electrons. The first-order valence-corrected chi connectivity index (χ1v) is 20.5. The summed E-state index contributed by atoms with van der Waals surface area (Å²) in [6, 6.07) is 41.6. The summed E-state index contributed by atoms with van der Waals surface area (Å²) in [6.07, 6.45) is 1.09. The van der Waals surface area contributed by atoms with E-state index < -0.39 is 0 Å². The van der Waals surface area contributed by atoms with Gasteiger partial charge in [0.05, 0.1) is 0 Å². The van der Waals surface area contributed by atoms with Crippen molar-refractivity contribution in [2.45, 2.75) is 53.1 Å². The number of aryl methyl sites for hydroxylation is 2. The zero-order chi connectivity index (χ0) is 28.6. The summed E-state index contributed by atoms with van der Waals surface area (Å²) in [6.45, 7) is 13.5. The van der Waals surface area contributed by atoms with Crippen molar-refractivity contribution in [3.63, 3.8) is 0 Å². The average Bonchev–Trinajstić information content (AvgIpc) is 3.57. The summed E-state index contributed by atoms with van der Waals surface area (Å²) < 4.78 is 0. The number of fused-ring (bicyclic) bond motifs is 2. The summed E-state index contributed by atoms with van der Waals surface area (Å²) in [5.41, 5.74) is 9.70. The van der Waals surface area contributed by atoms with Gasteiger partial charge in [-0.05, 0) is 17.0 Å². The van der Waals surface area contributed by atoms with Gasteiger partial charge in [0.1, 0.15) is 0 Å². The van der Waals surface area contributed by atoms with E-state index in [1.165, 1.54) is 60.5 Å². The van der Waals surface area contributed by atoms with Crippen LogP contribution in [0.25, 0.3) is 43.8 Å². The van der Waals surface area contributed by atoms with Crippen molar-refractivity contribution in [2.75, 3.05) is 0 Å². The van der Waals surface area contributed by atoms with Crippen LogP contribution in [0.15, 0.2) is 115 Å². The molecule has 42 heavy (non-hydrogen) atoms. The van der Waals surface area contributed by atoms with Gasteiger partial charge in [-0.1, -0.05) is 118 Å². The van der Waals surface area contributed by atoms with Gasteiger partial charge in [-0.2, -0.15) is 12.1 Å². The van der Waals surface area contributed by atoms with Crippen molar-refractivity contribution < 1.29 is 48.1 Å². The monoisotopic (exact) mass is 684 g/mol. The van der Waals surface area contributed by atoms with Gasteiger partial charge in [-0.15, -0.1) is 68.6 Å². The standard InChI is InChI=1S/2C18H17.C2H6Si.2ClH.Zr/c1-13(2)16-11-15-9-6-10-17(18(15)12-16)14-7-4-3-5-8-14;1-3-14-9-10-16(15-7-5-4-6-8-15)18-12-13(2)11-17(14)18;1-3-2;;;/h3-13H,1-2H3;4-12H,3H2,1-2H3;1-2H3;2*1H;/q2*-1;;;;+2/p-2. The molecule has 0 aliphatic rings. The number of hydrogen-bond donors (Lipinski definition) is 0. The molecule has 0 fully saturated rings. The van der Waals surface area contributed by atoms with Gasteiger partial charge in [0.15, 0.2) is 0 Å². The van der Waals surface area contributed by atoms with Crippen LogP contribution in [0.5, 0.6) is 0 Å². The SMILES string of the molecule is CC(C)c1cc2c(-c3ccccc3)cccc2[cH-]1.CCc1ccc(-c2ccccc2)c2cc(C)[cH-]c12.C[Si](C)=[Zr+2].[Cl-].[Cl-]. The molecule has 0 unspecified atom stereocenters. The first-order valence-electron chi connectivity index (χ1n) is 14.3. The van der Waals surface area contributed by atoms with Crippen LogP contribution in [0.3, 0.4) is 0 Å². The zero-order valence-electron chi connectivity index (χ0n) is 25.5. The average molecular weight is 687 g/mol. The van der Waals surface area contributed by atoms with E-state index in [2.05, 4.69) is 156 Å². The summed E-state index contributed by atoms with van der Waals surface area (Å²) in [5.74, 6) is 0.584. The molecule has 0 heterocycles. The zero-order valence-corrected chi connectivity index (χ0v) is 30.5. The van der Waals surface area contributed by atoms with Crippen LogP contribution in [0.1, 0.15) is 43.4 Å². The van der Waals surface area contributed by atoms with Crippen LogP contribution in [-0.2, 0) is 29.8 Å². The third kappa shape index (κ3) is 9.14. The Morgan fingerprint density at radius 2 is 1.24 bits per heavy atom. The Hall–Kier alpha value is -2.22. The smallest absolute Gasteiger partial charge is 1.00 e. The number of benzene rings is 4. The summed E-state index contributed by atoms with van der Waals surface area (Å²) in [7, 11) is 0. The van der Waals surface area contributed by atoms with E-state index in [9.17, 15) is 0 Å². The fourth-order valence-electron chi connectivity index (χ4n) is 5.14. The second-order valence-corrected chi connectivity index (χ2v) is 20.3. The molecular formula is C38H40Cl2SiZr-2. The van der Waals surface area contributed by atoms with Crippen LogP contribution < -0.4 is 24.8 Å². The fourth-order valence-corrected chi connectivity index (χ4v) is 5.14. The molecule has 0 saturated carbocycles. The van der Waals surface area contributed by atoms with Crippen LogP contribution in [-0.4, -0.2) is 5.43 Å². The quantitative estimate of drug-likeness (QED) is 0.176. The Bertz CT molecular complexity index is 1690. The van der Waals surface area contributed by atoms with Crippen molar-refractivity contribution in [2.24, 2.45) is 0 Å². The predicted molar refractivity (Wildman–Crippen MR) is 176 cm³/mol. The molecule has 0 nitrogen and oxygen atoms in total. The van der Waals surface area contributed by atoms with Crippen molar-refractivity contribution in [3.8, 4) is 22.3 Å². The Morgan fingerprint density at radius 3 is 1.76 bits per heavy atom. The van der Waals surface area contributed by atoms with E-state index in [-0.39, 0.29) is 30.2 Å². The van der Waals surface area contributed by atoms with E-state index in [1.54, 1.807) is 23.3 Å². The van der Waals surface area contributed by atoms with Gasteiger partial charge in [0, 0.05) is 0 Å². The Labute approximate surface area is 280 Å². The largest absolute Gasteiger partial charge is 1.00 e. The van der Waals surface area contributed by atoms with Crippen molar-refractivity contribution in [1.29, 1.82) is 0 Å². The molecule has 4 heteroatoms. The van der Waals surface area contributed by atoms with Gasteiger partial charge in [0.2, 0.25) is 0 Å². The summed E-state index contributed by atoms with van der Waals surface area (Å²) in [5, 5.41) is 5.52. The Morgan fingerprint density at radius 1 is 0.690 bits per heavy atom. The molecule has 0 atom stereocenters. The van der Waals surface area contributed by atoms with Crippen LogP contribution in [0.4, 0.5) is 0 Å². The maximum atomic E-state index is 2.34. The van der Waals surface area contributed by atoms with Crippen molar-refractivity contribution in [3.05, 3.63) is 132 Å². The molecule has 6 aromatic rings. The molecule has 0 aliphatic heterocycles. The third-order valence-electron chi connectivity index (χ3n) is 7.11. The maximum absolute atomic E-state index is 2.34. The van der Waals surface area contributed by atoms with E-state index in [0.29, 0.717) is 5.92 Å². The predicted octanol–water partition coefficient (Wildman–Crippen LogP) is 5.24. The molecule has 0 aromatic heterocycles. The third-order valence-corrected chi connectivity index (χ3v) is 7.11. The van der Waals surface area contributed by atoms with Crippen LogP contribution >= 0.6 is 0 Å². The van der Waals surface area contributed by atoms with Crippen molar-refractivity contribution in [1.82, 2.24) is 0 Å². The van der Waals surface area contributed by atoms with Gasteiger partial charge < -0.3 is 24.8 Å². The van der Waals surface area contributed by atoms with E-state index in [1.807, 2.05) is 0 Å². The first-order chi connectivity index (χ1) is 19.3. The number of rotatable bonds is 4. The van der Waals surface area contributed by atoms with Gasteiger partial charge in [-0.3, -0.25) is 0 Å². The van der Waals surface area contributed by atoms with E-state index >= 15 is 0 Å². The Kier molecular flexibility index (Phi) is 14.7. The van der Waals surface area contributed by atoms with Crippen molar-refractivity contribution >= 4 is 27.0 Å². The minimum atomic E-state index is 0. The Balaban J connectivity index is 0.000000250. The number of halogens is 2. The molecule has 0 radical (unpaired) electrons. The maximum Gasteiger partial charge on any atom is -1.00 e. The van der Waals surface area contributed by atoms with E-state index in [4.69, 9.17) is 0 Å². The molecular weight excluding hydrogens is 647 g/mol. The molecule has 0 spiro atoms. The summed E-state index contributed by atoms with van der Waals surface area (Å²) in [4.78, 5) is 0. The minimum absolute atomic E-state index is 0. The van der Waals surface area contributed by atoms with E-state index in [0.717, 1.165) is 6.42 Å². The number of hydrogen-bond acceptors (Lipinski definition) is 0. The second-order valence-electron chi connectivity index (χ2n) is 11.0. The summed E-state index contributed by atoms with van der Waals surface area (Å²) >= 11 is 1.74. The van der Waals surface area contributed by atoms with Crippen LogP contribution in [0.2, 0.25) is 13.1 Å². The minimum Gasteiger partial charge on any atom is -1.00 e. The molecule has 0 N–H and O–H groups in total. The van der Waals surface area contributed by atoms with Gasteiger partial charge in [0.25, 0.3) is 0 Å². The molecule has 6 rings (SSSR count). The molecule has 0 saturated heterocycles. The van der Waals surface area contributed by atoms with Crippen LogP contribution in [0, 0.1) is 6.92 Å². The first kappa shape index (κ1) is 36.0. The topological polar surface area (TPSA) is 0 Å². The second kappa shape index (κ2) is 17.2. The molecule has 6 aromatic carbocycles. The normalized spacial score (nSPS) is 10.2. The van der Waals surface area contributed by atoms with Gasteiger partial charge in [-0.25, -0.2) is 0 Å². The van der Waals surface area contributed by atoms with Gasteiger partial charge >= 0.3 is 41.9 Å².